The Kier molecular flexibility index (Phi) is 3.64. The maximum atomic E-state index is 6.46. The van der Waals surface area contributed by atoms with E-state index in [1.165, 1.54) is 17.7 Å². The molecule has 2 nitrogen and oxygen atoms in total. The third kappa shape index (κ3) is 2.44. The molecule has 0 saturated carbocycles. The third-order valence-electron chi connectivity index (χ3n) is 4.29. The predicted molar refractivity (Wildman–Crippen MR) is 76.7 cm³/mol. The molecule has 2 N–H and O–H groups in total. The highest BCUT2D eigenvalue weighted by atomic mass is 32.2. The molecule has 3 heteroatoms. The smallest absolute Gasteiger partial charge is 0.0783 e. The molecule has 0 amide bonds. The number of ether oxygens (including phenoxy) is 1. The Hall–Kier alpha value is -0.510. The van der Waals surface area contributed by atoms with Crippen molar-refractivity contribution in [1.82, 2.24) is 0 Å². The van der Waals surface area contributed by atoms with Crippen molar-refractivity contribution in [3.05, 3.63) is 35.9 Å². The first-order valence-electron chi connectivity index (χ1n) is 6.81. The summed E-state index contributed by atoms with van der Waals surface area (Å²) in [6, 6.07) is 10.7. The fourth-order valence-electron chi connectivity index (χ4n) is 3.18. The van der Waals surface area contributed by atoms with Crippen molar-refractivity contribution in [3.63, 3.8) is 0 Å². The van der Waals surface area contributed by atoms with Gasteiger partial charge in [-0.05, 0) is 36.5 Å². The van der Waals surface area contributed by atoms with Gasteiger partial charge in [-0.2, -0.15) is 11.8 Å². The molecule has 1 spiro atoms. The first-order chi connectivity index (χ1) is 8.79. The standard InChI is InChI=1S/C15H21NOS/c16-14(12-4-2-1-3-5-12)13-6-8-17-15(10-13)7-9-18-11-15/h1-5,13-14H,6-11,16H2. The summed E-state index contributed by atoms with van der Waals surface area (Å²) in [6.07, 6.45) is 3.44. The second kappa shape index (κ2) is 5.24. The lowest BCUT2D eigenvalue weighted by molar-refractivity contribution is -0.0834. The average Bonchev–Trinajstić information content (AvgIpc) is 2.87. The highest BCUT2D eigenvalue weighted by Crippen LogP contribution is 2.43. The summed E-state index contributed by atoms with van der Waals surface area (Å²) in [6.45, 7) is 0.881. The summed E-state index contributed by atoms with van der Waals surface area (Å²) in [5.41, 5.74) is 7.87. The van der Waals surface area contributed by atoms with Gasteiger partial charge in [0.05, 0.1) is 5.60 Å². The number of rotatable bonds is 2. The number of hydrogen-bond donors (Lipinski definition) is 1. The molecule has 1 aromatic rings. The monoisotopic (exact) mass is 263 g/mol. The van der Waals surface area contributed by atoms with Gasteiger partial charge in [0.1, 0.15) is 0 Å². The lowest BCUT2D eigenvalue weighted by Crippen LogP contribution is -2.42. The Morgan fingerprint density at radius 3 is 2.89 bits per heavy atom. The summed E-state index contributed by atoms with van der Waals surface area (Å²) < 4.78 is 6.07. The molecule has 18 heavy (non-hydrogen) atoms. The van der Waals surface area contributed by atoms with E-state index < -0.39 is 0 Å². The number of nitrogens with two attached hydrogens (primary N) is 1. The summed E-state index contributed by atoms with van der Waals surface area (Å²) in [5, 5.41) is 0. The highest BCUT2D eigenvalue weighted by molar-refractivity contribution is 7.99. The Morgan fingerprint density at radius 1 is 1.33 bits per heavy atom. The quantitative estimate of drug-likeness (QED) is 0.891. The van der Waals surface area contributed by atoms with Gasteiger partial charge in [0, 0.05) is 18.4 Å². The van der Waals surface area contributed by atoms with Crippen LogP contribution < -0.4 is 5.73 Å². The van der Waals surface area contributed by atoms with Crippen LogP contribution in [0.15, 0.2) is 30.3 Å². The van der Waals surface area contributed by atoms with Crippen LogP contribution in [0.2, 0.25) is 0 Å². The minimum atomic E-state index is 0.139. The fraction of sp³-hybridized carbons (Fsp3) is 0.600. The molecule has 3 unspecified atom stereocenters. The lowest BCUT2D eigenvalue weighted by atomic mass is 9.79. The molecule has 0 radical (unpaired) electrons. The molecular weight excluding hydrogens is 242 g/mol. The van der Waals surface area contributed by atoms with Gasteiger partial charge in [-0.3, -0.25) is 0 Å². The minimum absolute atomic E-state index is 0.139. The van der Waals surface area contributed by atoms with Crippen LogP contribution >= 0.6 is 11.8 Å². The van der Waals surface area contributed by atoms with Crippen molar-refractivity contribution in [2.75, 3.05) is 18.1 Å². The molecule has 3 atom stereocenters. The number of benzene rings is 1. The van der Waals surface area contributed by atoms with Crippen molar-refractivity contribution in [1.29, 1.82) is 0 Å². The maximum Gasteiger partial charge on any atom is 0.0783 e. The van der Waals surface area contributed by atoms with Crippen LogP contribution in [0.3, 0.4) is 0 Å². The zero-order chi connectivity index (χ0) is 12.4. The van der Waals surface area contributed by atoms with Crippen molar-refractivity contribution < 1.29 is 4.74 Å². The Morgan fingerprint density at radius 2 is 2.17 bits per heavy atom. The zero-order valence-electron chi connectivity index (χ0n) is 10.7. The van der Waals surface area contributed by atoms with Crippen LogP contribution in [-0.2, 0) is 4.74 Å². The molecule has 2 aliphatic heterocycles. The fourth-order valence-corrected chi connectivity index (χ4v) is 4.56. The molecule has 2 fully saturated rings. The Labute approximate surface area is 113 Å². The van der Waals surface area contributed by atoms with Gasteiger partial charge in [-0.25, -0.2) is 0 Å². The number of hydrogen-bond acceptors (Lipinski definition) is 3. The van der Waals surface area contributed by atoms with Crippen LogP contribution in [0.1, 0.15) is 30.9 Å². The molecule has 0 bridgehead atoms. The highest BCUT2D eigenvalue weighted by Gasteiger charge is 2.41. The molecule has 2 saturated heterocycles. The van der Waals surface area contributed by atoms with E-state index >= 15 is 0 Å². The van der Waals surface area contributed by atoms with Gasteiger partial charge in [-0.1, -0.05) is 30.3 Å². The molecule has 2 heterocycles. The summed E-state index contributed by atoms with van der Waals surface area (Å²) >= 11 is 2.02. The van der Waals surface area contributed by atoms with E-state index in [9.17, 15) is 0 Å². The van der Waals surface area contributed by atoms with Gasteiger partial charge >= 0.3 is 0 Å². The van der Waals surface area contributed by atoms with E-state index in [-0.39, 0.29) is 11.6 Å². The van der Waals surface area contributed by atoms with Gasteiger partial charge < -0.3 is 10.5 Å². The lowest BCUT2D eigenvalue weighted by Gasteiger charge is -2.40. The predicted octanol–water partition coefficient (Wildman–Crippen LogP) is 2.99. The topological polar surface area (TPSA) is 35.2 Å². The van der Waals surface area contributed by atoms with Crippen LogP contribution in [0.4, 0.5) is 0 Å². The first-order valence-corrected chi connectivity index (χ1v) is 7.97. The minimum Gasteiger partial charge on any atom is -0.374 e. The first kappa shape index (κ1) is 12.5. The van der Waals surface area contributed by atoms with E-state index in [0.717, 1.165) is 25.2 Å². The molecule has 0 aliphatic carbocycles. The van der Waals surface area contributed by atoms with Gasteiger partial charge in [0.15, 0.2) is 0 Å². The molecule has 3 rings (SSSR count). The summed E-state index contributed by atoms with van der Waals surface area (Å²) in [5.74, 6) is 2.97. The third-order valence-corrected chi connectivity index (χ3v) is 5.51. The van der Waals surface area contributed by atoms with Crippen molar-refractivity contribution in [3.8, 4) is 0 Å². The zero-order valence-corrected chi connectivity index (χ0v) is 11.5. The van der Waals surface area contributed by atoms with Gasteiger partial charge in [0.25, 0.3) is 0 Å². The second-order valence-corrected chi connectivity index (χ2v) is 6.63. The van der Waals surface area contributed by atoms with Crippen molar-refractivity contribution in [2.24, 2.45) is 11.7 Å². The van der Waals surface area contributed by atoms with Gasteiger partial charge in [0.2, 0.25) is 0 Å². The Bertz CT molecular complexity index is 389. The molecular formula is C15H21NOS. The second-order valence-electron chi connectivity index (χ2n) is 5.52. The Balaban J connectivity index is 1.72. The van der Waals surface area contributed by atoms with Crippen LogP contribution in [0, 0.1) is 5.92 Å². The SMILES string of the molecule is NC(c1ccccc1)C1CCOC2(CCSC2)C1. The van der Waals surface area contributed by atoms with Crippen LogP contribution in [0.25, 0.3) is 0 Å². The van der Waals surface area contributed by atoms with Crippen molar-refractivity contribution in [2.45, 2.75) is 30.9 Å². The van der Waals surface area contributed by atoms with Crippen LogP contribution in [0.5, 0.6) is 0 Å². The van der Waals surface area contributed by atoms with E-state index in [0.29, 0.717) is 5.92 Å². The summed E-state index contributed by atoms with van der Waals surface area (Å²) in [4.78, 5) is 0. The summed E-state index contributed by atoms with van der Waals surface area (Å²) in [7, 11) is 0. The molecule has 98 valence electrons. The van der Waals surface area contributed by atoms with E-state index in [2.05, 4.69) is 30.3 Å². The van der Waals surface area contributed by atoms with Gasteiger partial charge in [-0.15, -0.1) is 0 Å². The van der Waals surface area contributed by atoms with E-state index in [1.54, 1.807) is 0 Å². The van der Waals surface area contributed by atoms with Crippen molar-refractivity contribution >= 4 is 11.8 Å². The normalized spacial score (nSPS) is 33.7. The number of thioether (sulfide) groups is 1. The molecule has 1 aromatic carbocycles. The maximum absolute atomic E-state index is 6.46. The van der Waals surface area contributed by atoms with Crippen LogP contribution in [-0.4, -0.2) is 23.7 Å². The van der Waals surface area contributed by atoms with E-state index in [4.69, 9.17) is 10.5 Å². The largest absolute Gasteiger partial charge is 0.374 e. The average molecular weight is 263 g/mol. The molecule has 2 aliphatic rings. The van der Waals surface area contributed by atoms with E-state index in [1.807, 2.05) is 11.8 Å². The molecule has 0 aromatic heterocycles.